The third-order valence-corrected chi connectivity index (χ3v) is 4.43. The summed E-state index contributed by atoms with van der Waals surface area (Å²) in [6, 6.07) is 14.1. The van der Waals surface area contributed by atoms with Crippen LogP contribution in [0.3, 0.4) is 0 Å². The van der Waals surface area contributed by atoms with Gasteiger partial charge in [-0.05, 0) is 52.3 Å². The number of aromatic nitrogens is 1. The highest BCUT2D eigenvalue weighted by molar-refractivity contribution is 9.10. The lowest BCUT2D eigenvalue weighted by Gasteiger charge is -2.20. The van der Waals surface area contributed by atoms with Crippen molar-refractivity contribution in [3.05, 3.63) is 71.0 Å². The maximum atomic E-state index is 12.6. The summed E-state index contributed by atoms with van der Waals surface area (Å²) in [5, 5.41) is 2.87. The lowest BCUT2D eigenvalue weighted by atomic mass is 10.1. The number of benzene rings is 2. The van der Waals surface area contributed by atoms with Gasteiger partial charge in [-0.2, -0.15) is 0 Å². The molecule has 0 saturated carbocycles. The number of hydrogen-bond acceptors (Lipinski definition) is 5. The molecule has 0 bridgehead atoms. The van der Waals surface area contributed by atoms with Gasteiger partial charge in [0.15, 0.2) is 11.5 Å². The highest BCUT2D eigenvalue weighted by Crippen LogP contribution is 2.38. The largest absolute Gasteiger partial charge is 0.486 e. The number of pyridine rings is 1. The first kappa shape index (κ1) is 17.4. The smallest absolute Gasteiger partial charge is 0.255 e. The van der Waals surface area contributed by atoms with Crippen molar-refractivity contribution in [2.24, 2.45) is 0 Å². The molecule has 2 heterocycles. The Labute approximate surface area is 164 Å². The zero-order valence-corrected chi connectivity index (χ0v) is 15.7. The summed E-state index contributed by atoms with van der Waals surface area (Å²) in [5.74, 6) is 2.20. The minimum absolute atomic E-state index is 0.256. The number of nitrogens with one attached hydrogen (secondary N) is 1. The van der Waals surface area contributed by atoms with Crippen LogP contribution in [0.2, 0.25) is 0 Å². The fraction of sp³-hybridized carbons (Fsp3) is 0.100. The van der Waals surface area contributed by atoms with Gasteiger partial charge in [0.05, 0.1) is 4.47 Å². The Kier molecular flexibility index (Phi) is 4.93. The summed E-state index contributed by atoms with van der Waals surface area (Å²) in [4.78, 5) is 16.6. The zero-order chi connectivity index (χ0) is 18.6. The second-order valence-electron chi connectivity index (χ2n) is 5.75. The average Bonchev–Trinajstić information content (AvgIpc) is 2.69. The topological polar surface area (TPSA) is 69.7 Å². The van der Waals surface area contributed by atoms with Gasteiger partial charge in [-0.3, -0.25) is 9.78 Å². The molecule has 1 aliphatic rings. The number of amides is 1. The quantitative estimate of drug-likeness (QED) is 0.656. The van der Waals surface area contributed by atoms with E-state index in [-0.39, 0.29) is 5.91 Å². The fourth-order valence-electron chi connectivity index (χ4n) is 2.62. The summed E-state index contributed by atoms with van der Waals surface area (Å²) < 4.78 is 17.6. The number of halogens is 1. The summed E-state index contributed by atoms with van der Waals surface area (Å²) >= 11 is 3.43. The van der Waals surface area contributed by atoms with Crippen molar-refractivity contribution in [2.75, 3.05) is 18.5 Å². The monoisotopic (exact) mass is 426 g/mol. The molecule has 0 aliphatic carbocycles. The summed E-state index contributed by atoms with van der Waals surface area (Å²) in [5.41, 5.74) is 1.09. The number of hydrogen-bond donors (Lipinski definition) is 1. The lowest BCUT2D eigenvalue weighted by Crippen LogP contribution is -2.17. The maximum Gasteiger partial charge on any atom is 0.255 e. The van der Waals surface area contributed by atoms with Crippen molar-refractivity contribution < 1.29 is 19.0 Å². The number of fused-ring (bicyclic) bond motifs is 1. The van der Waals surface area contributed by atoms with Crippen molar-refractivity contribution in [2.45, 2.75) is 0 Å². The first-order valence-corrected chi connectivity index (χ1v) is 9.07. The Morgan fingerprint density at radius 1 is 1.04 bits per heavy atom. The van der Waals surface area contributed by atoms with E-state index in [1.807, 2.05) is 12.1 Å². The highest BCUT2D eigenvalue weighted by Gasteiger charge is 2.19. The number of nitrogens with zero attached hydrogens (tertiary/aromatic N) is 1. The molecule has 3 aromatic rings. The minimum Gasteiger partial charge on any atom is -0.486 e. The molecular weight excluding hydrogens is 412 g/mol. The predicted molar refractivity (Wildman–Crippen MR) is 104 cm³/mol. The molecule has 0 saturated heterocycles. The first-order valence-electron chi connectivity index (χ1n) is 8.27. The predicted octanol–water partition coefficient (Wildman–Crippen LogP) is 4.66. The maximum absolute atomic E-state index is 12.6. The summed E-state index contributed by atoms with van der Waals surface area (Å²) in [6.45, 7) is 0.945. The lowest BCUT2D eigenvalue weighted by molar-refractivity contribution is 0.102. The van der Waals surface area contributed by atoms with Crippen LogP contribution in [0.1, 0.15) is 10.4 Å². The van der Waals surface area contributed by atoms with Gasteiger partial charge in [0.1, 0.15) is 24.7 Å². The van der Waals surface area contributed by atoms with Crippen LogP contribution < -0.4 is 19.5 Å². The third-order valence-electron chi connectivity index (χ3n) is 3.84. The highest BCUT2D eigenvalue weighted by atomic mass is 79.9. The molecule has 0 fully saturated rings. The second kappa shape index (κ2) is 7.67. The normalized spacial score (nSPS) is 12.3. The van der Waals surface area contributed by atoms with E-state index in [4.69, 9.17) is 14.2 Å². The van der Waals surface area contributed by atoms with E-state index in [2.05, 4.69) is 26.2 Å². The molecule has 1 aliphatic heterocycles. The molecule has 7 heteroatoms. The van der Waals surface area contributed by atoms with E-state index in [9.17, 15) is 4.79 Å². The van der Waals surface area contributed by atoms with Gasteiger partial charge in [0.2, 0.25) is 0 Å². The van der Waals surface area contributed by atoms with Crippen LogP contribution in [0.4, 0.5) is 5.69 Å². The van der Waals surface area contributed by atoms with Crippen molar-refractivity contribution in [3.63, 3.8) is 0 Å². The van der Waals surface area contributed by atoms with Gasteiger partial charge in [-0.15, -0.1) is 0 Å². The van der Waals surface area contributed by atoms with E-state index in [1.54, 1.807) is 48.8 Å². The molecule has 1 N–H and O–H groups in total. The van der Waals surface area contributed by atoms with Gasteiger partial charge in [-0.1, -0.05) is 6.07 Å². The van der Waals surface area contributed by atoms with Gasteiger partial charge in [0, 0.05) is 29.7 Å². The molecule has 0 atom stereocenters. The Morgan fingerprint density at radius 2 is 1.85 bits per heavy atom. The van der Waals surface area contributed by atoms with Gasteiger partial charge in [-0.25, -0.2) is 0 Å². The Morgan fingerprint density at radius 3 is 2.70 bits per heavy atom. The van der Waals surface area contributed by atoms with Crippen LogP contribution in [0.25, 0.3) is 0 Å². The molecule has 0 unspecified atom stereocenters. The van der Waals surface area contributed by atoms with Crippen molar-refractivity contribution in [1.82, 2.24) is 4.98 Å². The number of ether oxygens (including phenoxy) is 3. The van der Waals surface area contributed by atoms with E-state index in [1.165, 1.54) is 0 Å². The Balaban J connectivity index is 1.51. The molecular formula is C20H15BrN2O4. The van der Waals surface area contributed by atoms with E-state index >= 15 is 0 Å². The standard InChI is InChI=1S/C20H15BrN2O4/c21-17-10-13(11-18-19(17)26-9-8-25-18)20(24)23-14-2-1-3-16(12-14)27-15-4-6-22-7-5-15/h1-7,10-12H,8-9H2,(H,23,24). The molecule has 0 spiro atoms. The zero-order valence-electron chi connectivity index (χ0n) is 14.1. The first-order chi connectivity index (χ1) is 13.2. The number of carbonyl (C=O) groups is 1. The van der Waals surface area contributed by atoms with Crippen LogP contribution in [-0.2, 0) is 0 Å². The van der Waals surface area contributed by atoms with Gasteiger partial charge < -0.3 is 19.5 Å². The molecule has 136 valence electrons. The number of rotatable bonds is 4. The van der Waals surface area contributed by atoms with Crippen molar-refractivity contribution in [3.8, 4) is 23.0 Å². The average molecular weight is 427 g/mol. The Hall–Kier alpha value is -3.06. The van der Waals surface area contributed by atoms with Crippen molar-refractivity contribution >= 4 is 27.5 Å². The molecule has 0 radical (unpaired) electrons. The van der Waals surface area contributed by atoms with Gasteiger partial charge >= 0.3 is 0 Å². The van der Waals surface area contributed by atoms with Crippen LogP contribution >= 0.6 is 15.9 Å². The second-order valence-corrected chi connectivity index (χ2v) is 6.60. The summed E-state index contributed by atoms with van der Waals surface area (Å²) in [7, 11) is 0. The van der Waals surface area contributed by atoms with Crippen molar-refractivity contribution in [1.29, 1.82) is 0 Å². The fourth-order valence-corrected chi connectivity index (χ4v) is 3.18. The van der Waals surface area contributed by atoms with E-state index in [0.717, 1.165) is 0 Å². The molecule has 2 aromatic carbocycles. The van der Waals surface area contributed by atoms with Crippen LogP contribution in [0, 0.1) is 0 Å². The molecule has 6 nitrogen and oxygen atoms in total. The van der Waals surface area contributed by atoms with Crippen LogP contribution in [-0.4, -0.2) is 24.1 Å². The number of carbonyl (C=O) groups excluding carboxylic acids is 1. The van der Waals surface area contributed by atoms with Crippen LogP contribution in [0.5, 0.6) is 23.0 Å². The van der Waals surface area contributed by atoms with Crippen LogP contribution in [0.15, 0.2) is 65.4 Å². The third kappa shape index (κ3) is 4.03. The minimum atomic E-state index is -0.256. The van der Waals surface area contributed by atoms with E-state index < -0.39 is 0 Å². The van der Waals surface area contributed by atoms with E-state index in [0.29, 0.717) is 51.9 Å². The molecule has 1 amide bonds. The SMILES string of the molecule is O=C(Nc1cccc(Oc2ccncc2)c1)c1cc(Br)c2c(c1)OCCO2. The summed E-state index contributed by atoms with van der Waals surface area (Å²) in [6.07, 6.45) is 3.31. The Bertz CT molecular complexity index is 979. The van der Waals surface area contributed by atoms with Gasteiger partial charge in [0.25, 0.3) is 5.91 Å². The number of anilines is 1. The molecule has 4 rings (SSSR count). The molecule has 1 aromatic heterocycles. The molecule has 27 heavy (non-hydrogen) atoms.